The van der Waals surface area contributed by atoms with Crippen molar-refractivity contribution in [3.63, 3.8) is 0 Å². The number of benzene rings is 1. The zero-order valence-corrected chi connectivity index (χ0v) is 7.62. The highest BCUT2D eigenvalue weighted by Gasteiger charge is 2.35. The quantitative estimate of drug-likeness (QED) is 0.723. The third-order valence-corrected chi connectivity index (χ3v) is 1.52. The molecule has 1 nitrogen and oxygen atoms in total. The molecule has 0 saturated carbocycles. The Morgan fingerprint density at radius 1 is 1.12 bits per heavy atom. The van der Waals surface area contributed by atoms with Crippen LogP contribution in [0.4, 0.5) is 26.3 Å². The van der Waals surface area contributed by atoms with E-state index in [-0.39, 0.29) is 0 Å². The van der Waals surface area contributed by atoms with Crippen molar-refractivity contribution >= 4 is 0 Å². The Hall–Kier alpha value is -1.40. The van der Waals surface area contributed by atoms with Crippen LogP contribution in [0.25, 0.3) is 0 Å². The van der Waals surface area contributed by atoms with Gasteiger partial charge in [0, 0.05) is 0 Å². The van der Waals surface area contributed by atoms with Crippen LogP contribution in [0.2, 0.25) is 0 Å². The van der Waals surface area contributed by atoms with Gasteiger partial charge < -0.3 is 4.74 Å². The molecule has 1 rings (SSSR count). The van der Waals surface area contributed by atoms with Crippen LogP contribution in [0.1, 0.15) is 5.56 Å². The summed E-state index contributed by atoms with van der Waals surface area (Å²) >= 11 is 0. The van der Waals surface area contributed by atoms with Gasteiger partial charge in [-0.1, -0.05) is 6.07 Å². The van der Waals surface area contributed by atoms with E-state index in [1.165, 1.54) is 0 Å². The largest absolute Gasteiger partial charge is 0.483 e. The molecule has 0 aliphatic heterocycles. The van der Waals surface area contributed by atoms with Crippen LogP contribution in [0.5, 0.6) is 5.75 Å². The van der Waals surface area contributed by atoms with Crippen LogP contribution in [0.3, 0.4) is 0 Å². The van der Waals surface area contributed by atoms with E-state index < -0.39 is 30.3 Å². The first kappa shape index (κ1) is 12.7. The fraction of sp³-hybridized carbons (Fsp3) is 0.333. The van der Waals surface area contributed by atoms with Gasteiger partial charge in [-0.2, -0.15) is 26.3 Å². The molecule has 0 aliphatic carbocycles. The van der Waals surface area contributed by atoms with Crippen LogP contribution >= 0.6 is 0 Å². The number of hydrogen-bond acceptors (Lipinski definition) is 1. The second-order valence-electron chi connectivity index (χ2n) is 2.82. The third kappa shape index (κ3) is 3.63. The van der Waals surface area contributed by atoms with Gasteiger partial charge in [-0.25, -0.2) is 0 Å². The average Bonchev–Trinajstić information content (AvgIpc) is 2.12. The summed E-state index contributed by atoms with van der Waals surface area (Å²) in [5.74, 6) is -0.858. The van der Waals surface area contributed by atoms with Crippen molar-refractivity contribution in [3.8, 4) is 5.75 Å². The maximum absolute atomic E-state index is 12.3. The second-order valence-corrected chi connectivity index (χ2v) is 2.82. The summed E-state index contributed by atoms with van der Waals surface area (Å²) in [6, 6.07) is 4.49. The Bertz CT molecular complexity index is 354. The predicted molar refractivity (Wildman–Crippen MR) is 41.8 cm³/mol. The minimum atomic E-state index is -4.77. The van der Waals surface area contributed by atoms with Crippen molar-refractivity contribution in [1.82, 2.24) is 0 Å². The fourth-order valence-corrected chi connectivity index (χ4v) is 0.923. The van der Waals surface area contributed by atoms with Crippen molar-refractivity contribution in [1.29, 1.82) is 0 Å². The van der Waals surface area contributed by atoms with E-state index in [0.717, 1.165) is 12.1 Å². The van der Waals surface area contributed by atoms with Gasteiger partial charge in [0.05, 0.1) is 5.56 Å². The van der Waals surface area contributed by atoms with Gasteiger partial charge in [0.25, 0.3) is 0 Å². The molecule has 89 valence electrons. The summed E-state index contributed by atoms with van der Waals surface area (Å²) in [5.41, 5.74) is -1.28. The Morgan fingerprint density at radius 3 is 2.25 bits per heavy atom. The zero-order valence-electron chi connectivity index (χ0n) is 7.62. The van der Waals surface area contributed by atoms with Gasteiger partial charge in [-0.15, -0.1) is 0 Å². The summed E-state index contributed by atoms with van der Waals surface area (Å²) in [7, 11) is 0. The van der Waals surface area contributed by atoms with Gasteiger partial charge in [-0.05, 0) is 18.2 Å². The Labute approximate surface area is 86.6 Å². The van der Waals surface area contributed by atoms with Gasteiger partial charge in [0.2, 0.25) is 0 Å². The van der Waals surface area contributed by atoms with Gasteiger partial charge in [-0.3, -0.25) is 0 Å². The summed E-state index contributed by atoms with van der Waals surface area (Å²) < 4.78 is 76.2. The van der Waals surface area contributed by atoms with E-state index in [9.17, 15) is 26.3 Å². The molecular weight excluding hydrogens is 238 g/mol. The molecule has 1 radical (unpaired) electrons. The molecule has 0 bridgehead atoms. The van der Waals surface area contributed by atoms with Crippen molar-refractivity contribution in [2.24, 2.45) is 0 Å². The summed E-state index contributed by atoms with van der Waals surface area (Å²) in [4.78, 5) is 0. The van der Waals surface area contributed by atoms with E-state index in [1.54, 1.807) is 0 Å². The molecule has 16 heavy (non-hydrogen) atoms. The first-order chi connectivity index (χ1) is 7.20. The molecule has 0 heterocycles. The molecule has 1 aromatic carbocycles. The van der Waals surface area contributed by atoms with Crippen LogP contribution in [-0.4, -0.2) is 12.8 Å². The zero-order chi connectivity index (χ0) is 12.4. The lowest BCUT2D eigenvalue weighted by Crippen LogP contribution is -2.20. The lowest BCUT2D eigenvalue weighted by molar-refractivity contribution is -0.158. The average molecular weight is 243 g/mol. The van der Waals surface area contributed by atoms with Gasteiger partial charge in [0.15, 0.2) is 6.61 Å². The molecule has 0 atom stereocenters. The Balaban J connectivity index is 2.88. The number of ether oxygens (including phenoxy) is 1. The van der Waals surface area contributed by atoms with Crippen molar-refractivity contribution in [3.05, 3.63) is 29.8 Å². The summed E-state index contributed by atoms with van der Waals surface area (Å²) in [5, 5.41) is 0. The molecular formula is C9H5F6O. The molecule has 0 aliphatic rings. The number of hydrogen-bond donors (Lipinski definition) is 0. The maximum atomic E-state index is 12.3. The number of rotatable bonds is 2. The van der Waals surface area contributed by atoms with Crippen LogP contribution < -0.4 is 4.74 Å². The van der Waals surface area contributed by atoms with E-state index in [4.69, 9.17) is 0 Å². The number of alkyl halides is 6. The second kappa shape index (κ2) is 4.23. The Kier molecular flexibility index (Phi) is 3.35. The molecule has 0 saturated heterocycles. The first-order valence-electron chi connectivity index (χ1n) is 3.97. The van der Waals surface area contributed by atoms with E-state index in [1.807, 2.05) is 0 Å². The molecule has 0 fully saturated rings. The lowest BCUT2D eigenvalue weighted by atomic mass is 10.2. The van der Waals surface area contributed by atoms with Crippen LogP contribution in [-0.2, 0) is 6.18 Å². The molecule has 0 N–H and O–H groups in total. The minimum Gasteiger partial charge on any atom is -0.483 e. The van der Waals surface area contributed by atoms with E-state index in [2.05, 4.69) is 10.8 Å². The summed E-state index contributed by atoms with van der Waals surface area (Å²) in [6.07, 6.45) is -9.44. The van der Waals surface area contributed by atoms with E-state index >= 15 is 0 Å². The van der Waals surface area contributed by atoms with Gasteiger partial charge >= 0.3 is 12.4 Å². The number of halogens is 6. The molecule has 0 aromatic heterocycles. The molecule has 7 heteroatoms. The van der Waals surface area contributed by atoms with E-state index in [0.29, 0.717) is 6.07 Å². The molecule has 0 unspecified atom stereocenters. The maximum Gasteiger partial charge on any atom is 0.422 e. The van der Waals surface area contributed by atoms with Crippen LogP contribution in [0, 0.1) is 6.07 Å². The lowest BCUT2D eigenvalue weighted by Gasteiger charge is -2.14. The normalized spacial score (nSPS) is 12.6. The highest BCUT2D eigenvalue weighted by Crippen LogP contribution is 2.36. The standard InChI is InChI=1S/C9H5F6O/c10-8(11,12)5-16-7-4-2-1-3-6(7)9(13,14)15/h2-4H,5H2. The molecule has 0 spiro atoms. The highest BCUT2D eigenvalue weighted by molar-refractivity contribution is 5.35. The fourth-order valence-electron chi connectivity index (χ4n) is 0.923. The first-order valence-corrected chi connectivity index (χ1v) is 3.97. The topological polar surface area (TPSA) is 9.23 Å². The smallest absolute Gasteiger partial charge is 0.422 e. The monoisotopic (exact) mass is 243 g/mol. The third-order valence-electron chi connectivity index (χ3n) is 1.52. The Morgan fingerprint density at radius 2 is 1.75 bits per heavy atom. The predicted octanol–water partition coefficient (Wildman–Crippen LogP) is 3.45. The SMILES string of the molecule is FC(F)(F)COc1cc[c]cc1C(F)(F)F. The molecule has 0 amide bonds. The highest BCUT2D eigenvalue weighted by atomic mass is 19.4. The van der Waals surface area contributed by atoms with Crippen molar-refractivity contribution < 1.29 is 31.1 Å². The molecule has 1 aromatic rings. The summed E-state index contributed by atoms with van der Waals surface area (Å²) in [6.45, 7) is -1.76. The van der Waals surface area contributed by atoms with Gasteiger partial charge in [0.1, 0.15) is 5.75 Å². The van der Waals surface area contributed by atoms with Crippen molar-refractivity contribution in [2.75, 3.05) is 6.61 Å². The van der Waals surface area contributed by atoms with Crippen LogP contribution in [0.15, 0.2) is 18.2 Å². The van der Waals surface area contributed by atoms with Crippen molar-refractivity contribution in [2.45, 2.75) is 12.4 Å². The minimum absolute atomic E-state index is 0.533.